The lowest BCUT2D eigenvalue weighted by Crippen LogP contribution is -2.41. The van der Waals surface area contributed by atoms with Crippen molar-refractivity contribution in [2.75, 3.05) is 26.8 Å². The summed E-state index contributed by atoms with van der Waals surface area (Å²) >= 11 is 0. The molecule has 0 radical (unpaired) electrons. The Morgan fingerprint density at radius 3 is 2.65 bits per heavy atom. The van der Waals surface area contributed by atoms with Gasteiger partial charge < -0.3 is 9.84 Å². The summed E-state index contributed by atoms with van der Waals surface area (Å²) in [4.78, 5) is 0.285. The summed E-state index contributed by atoms with van der Waals surface area (Å²) in [6, 6.07) is 6.40. The van der Waals surface area contributed by atoms with Crippen molar-refractivity contribution in [3.63, 3.8) is 0 Å². The second-order valence-electron chi connectivity index (χ2n) is 5.13. The number of piperidine rings is 1. The van der Waals surface area contributed by atoms with Crippen molar-refractivity contribution in [1.82, 2.24) is 4.31 Å². The molecule has 0 saturated carbocycles. The van der Waals surface area contributed by atoms with E-state index in [9.17, 15) is 8.42 Å². The van der Waals surface area contributed by atoms with Gasteiger partial charge in [-0.25, -0.2) is 8.42 Å². The molecule has 1 aliphatic heterocycles. The molecule has 1 saturated heterocycles. The Labute approximate surface area is 120 Å². The van der Waals surface area contributed by atoms with Crippen LogP contribution in [0.5, 0.6) is 0 Å². The summed E-state index contributed by atoms with van der Waals surface area (Å²) in [6.07, 6.45) is 1.87. The van der Waals surface area contributed by atoms with Crippen LogP contribution in [0.25, 0.3) is 0 Å². The lowest BCUT2D eigenvalue weighted by atomic mass is 10.0. The fourth-order valence-electron chi connectivity index (χ4n) is 2.53. The molecule has 0 aliphatic carbocycles. The molecular weight excluding hydrogens is 278 g/mol. The second-order valence-corrected chi connectivity index (χ2v) is 7.07. The normalized spacial score (nSPS) is 21.0. The van der Waals surface area contributed by atoms with Crippen LogP contribution >= 0.6 is 0 Å². The van der Waals surface area contributed by atoms with Gasteiger partial charge >= 0.3 is 0 Å². The number of hydrogen-bond donors (Lipinski definition) is 1. The first-order valence-electron chi connectivity index (χ1n) is 6.77. The van der Waals surface area contributed by atoms with Gasteiger partial charge in [0.1, 0.15) is 0 Å². The number of aliphatic hydroxyl groups excluding tert-OH is 1. The smallest absolute Gasteiger partial charge is 0.243 e. The molecule has 1 heterocycles. The van der Waals surface area contributed by atoms with Gasteiger partial charge in [0.15, 0.2) is 0 Å². The van der Waals surface area contributed by atoms with Crippen LogP contribution < -0.4 is 0 Å². The zero-order valence-corrected chi connectivity index (χ0v) is 12.5. The topological polar surface area (TPSA) is 66.8 Å². The highest BCUT2D eigenvalue weighted by atomic mass is 32.2. The minimum absolute atomic E-state index is 0.0834. The third kappa shape index (κ3) is 3.38. The van der Waals surface area contributed by atoms with Crippen LogP contribution in [0.15, 0.2) is 29.2 Å². The fraction of sp³-hybridized carbons (Fsp3) is 0.571. The maximum Gasteiger partial charge on any atom is 0.243 e. The van der Waals surface area contributed by atoms with E-state index in [0.29, 0.717) is 25.3 Å². The van der Waals surface area contributed by atoms with E-state index in [1.165, 1.54) is 4.31 Å². The second kappa shape index (κ2) is 6.67. The summed E-state index contributed by atoms with van der Waals surface area (Å²) in [5, 5.41) is 9.00. The number of rotatable bonds is 5. The summed E-state index contributed by atoms with van der Waals surface area (Å²) in [5.74, 6) is 0.264. The number of hydrogen-bond acceptors (Lipinski definition) is 4. The third-order valence-electron chi connectivity index (χ3n) is 3.63. The first kappa shape index (κ1) is 15.4. The van der Waals surface area contributed by atoms with E-state index in [1.54, 1.807) is 31.4 Å². The lowest BCUT2D eigenvalue weighted by Gasteiger charge is -2.31. The van der Waals surface area contributed by atoms with Crippen molar-refractivity contribution in [2.24, 2.45) is 5.92 Å². The Balaban J connectivity index is 2.16. The number of sulfonamides is 1. The van der Waals surface area contributed by atoms with Gasteiger partial charge in [0.05, 0.1) is 18.1 Å². The molecule has 1 aromatic rings. The molecule has 1 atom stereocenters. The quantitative estimate of drug-likeness (QED) is 0.888. The first-order valence-corrected chi connectivity index (χ1v) is 8.21. The van der Waals surface area contributed by atoms with E-state index in [-0.39, 0.29) is 17.4 Å². The van der Waals surface area contributed by atoms with Crippen molar-refractivity contribution in [2.45, 2.75) is 24.3 Å². The predicted molar refractivity (Wildman–Crippen MR) is 75.7 cm³/mol. The molecule has 0 bridgehead atoms. The van der Waals surface area contributed by atoms with E-state index in [0.717, 1.165) is 12.8 Å². The van der Waals surface area contributed by atoms with Gasteiger partial charge in [-0.15, -0.1) is 0 Å². The summed E-state index contributed by atoms with van der Waals surface area (Å²) in [5.41, 5.74) is 0.708. The molecule has 0 spiro atoms. The summed E-state index contributed by atoms with van der Waals surface area (Å²) < 4.78 is 31.8. The highest BCUT2D eigenvalue weighted by Gasteiger charge is 2.30. The van der Waals surface area contributed by atoms with E-state index in [1.807, 2.05) is 0 Å². The molecule has 1 aliphatic rings. The van der Waals surface area contributed by atoms with Crippen LogP contribution in [0, 0.1) is 5.92 Å². The summed E-state index contributed by atoms with van der Waals surface area (Å²) in [7, 11) is -1.80. The Kier molecular flexibility index (Phi) is 5.15. The number of aliphatic hydroxyl groups is 1. The molecule has 5 nitrogen and oxygen atoms in total. The molecule has 1 unspecified atom stereocenters. The van der Waals surface area contributed by atoms with Crippen LogP contribution in [0.2, 0.25) is 0 Å². The molecule has 0 aromatic heterocycles. The molecule has 2 rings (SSSR count). The van der Waals surface area contributed by atoms with E-state index < -0.39 is 10.0 Å². The molecule has 1 fully saturated rings. The van der Waals surface area contributed by atoms with Crippen LogP contribution in [0.4, 0.5) is 0 Å². The Hall–Kier alpha value is -0.950. The van der Waals surface area contributed by atoms with Crippen molar-refractivity contribution >= 4 is 10.0 Å². The molecular formula is C14H21NO4S. The number of methoxy groups -OCH3 is 1. The third-order valence-corrected chi connectivity index (χ3v) is 5.51. The highest BCUT2D eigenvalue weighted by Crippen LogP contribution is 2.24. The minimum atomic E-state index is -3.44. The maximum absolute atomic E-state index is 12.6. The average Bonchev–Trinajstić information content (AvgIpc) is 2.48. The minimum Gasteiger partial charge on any atom is -0.392 e. The largest absolute Gasteiger partial charge is 0.392 e. The standard InChI is InChI=1S/C14H21NO4S/c1-19-11-13-3-2-8-15(9-13)20(17,18)14-6-4-12(10-16)5-7-14/h4-7,13,16H,2-3,8-11H2,1H3. The van der Waals surface area contributed by atoms with Crippen molar-refractivity contribution in [3.05, 3.63) is 29.8 Å². The lowest BCUT2D eigenvalue weighted by molar-refractivity contribution is 0.118. The van der Waals surface area contributed by atoms with Gasteiger partial charge in [0.2, 0.25) is 10.0 Å². The first-order chi connectivity index (χ1) is 9.57. The Morgan fingerprint density at radius 2 is 2.05 bits per heavy atom. The van der Waals surface area contributed by atoms with Gasteiger partial charge in [0, 0.05) is 20.2 Å². The highest BCUT2D eigenvalue weighted by molar-refractivity contribution is 7.89. The zero-order valence-electron chi connectivity index (χ0n) is 11.7. The van der Waals surface area contributed by atoms with E-state index in [2.05, 4.69) is 0 Å². The van der Waals surface area contributed by atoms with Crippen LogP contribution in [0.1, 0.15) is 18.4 Å². The van der Waals surface area contributed by atoms with Crippen molar-refractivity contribution in [3.8, 4) is 0 Å². The SMILES string of the molecule is COCC1CCCN(S(=O)(=O)c2ccc(CO)cc2)C1. The van der Waals surface area contributed by atoms with Gasteiger partial charge in [0.25, 0.3) is 0 Å². The number of benzene rings is 1. The van der Waals surface area contributed by atoms with Crippen LogP contribution in [-0.2, 0) is 21.4 Å². The van der Waals surface area contributed by atoms with Crippen molar-refractivity contribution < 1.29 is 18.3 Å². The van der Waals surface area contributed by atoms with Gasteiger partial charge in [-0.05, 0) is 36.5 Å². The van der Waals surface area contributed by atoms with Crippen LogP contribution in [-0.4, -0.2) is 44.6 Å². The Morgan fingerprint density at radius 1 is 1.35 bits per heavy atom. The van der Waals surface area contributed by atoms with Crippen molar-refractivity contribution in [1.29, 1.82) is 0 Å². The number of ether oxygens (including phenoxy) is 1. The number of nitrogens with zero attached hydrogens (tertiary/aromatic N) is 1. The van der Waals surface area contributed by atoms with Gasteiger partial charge in [-0.1, -0.05) is 12.1 Å². The van der Waals surface area contributed by atoms with Gasteiger partial charge in [-0.3, -0.25) is 0 Å². The van der Waals surface area contributed by atoms with E-state index >= 15 is 0 Å². The fourth-order valence-corrected chi connectivity index (χ4v) is 4.09. The van der Waals surface area contributed by atoms with E-state index in [4.69, 9.17) is 9.84 Å². The molecule has 6 heteroatoms. The molecule has 1 N–H and O–H groups in total. The Bertz CT molecular complexity index is 525. The zero-order chi connectivity index (χ0) is 14.6. The average molecular weight is 299 g/mol. The maximum atomic E-state index is 12.6. The molecule has 1 aromatic carbocycles. The summed E-state index contributed by atoms with van der Waals surface area (Å²) in [6.45, 7) is 1.58. The molecule has 20 heavy (non-hydrogen) atoms. The molecule has 112 valence electrons. The van der Waals surface area contributed by atoms with Gasteiger partial charge in [-0.2, -0.15) is 4.31 Å². The monoisotopic (exact) mass is 299 g/mol. The van der Waals surface area contributed by atoms with Crippen LogP contribution in [0.3, 0.4) is 0 Å². The predicted octanol–water partition coefficient (Wildman–Crippen LogP) is 1.23. The molecule has 0 amide bonds.